The minimum Gasteiger partial charge on any atom is -0.336 e. The minimum atomic E-state index is -4.14. The fourth-order valence-corrected chi connectivity index (χ4v) is 3.50. The Morgan fingerprint density at radius 3 is 2.50 bits per heavy atom. The summed E-state index contributed by atoms with van der Waals surface area (Å²) in [4.78, 5) is 13.3. The Bertz CT molecular complexity index is 659. The summed E-state index contributed by atoms with van der Waals surface area (Å²) in [6.45, 7) is 2.21. The molecule has 1 amide bonds. The van der Waals surface area contributed by atoms with Crippen molar-refractivity contribution in [2.75, 3.05) is 6.54 Å². The quantitative estimate of drug-likeness (QED) is 0.792. The Morgan fingerprint density at radius 1 is 1.45 bits per heavy atom. The molecule has 4 nitrogen and oxygen atoms in total. The average molecular weight is 340 g/mol. The molecule has 1 fully saturated rings. The van der Waals surface area contributed by atoms with Crippen LogP contribution in [0, 0.1) is 5.82 Å². The molecule has 0 N–H and O–H groups in total. The van der Waals surface area contributed by atoms with E-state index < -0.39 is 25.7 Å². The Labute approximate surface area is 125 Å². The smallest absolute Gasteiger partial charge is 0.262 e. The molecule has 1 aromatic rings. The van der Waals surface area contributed by atoms with Crippen molar-refractivity contribution in [3.05, 3.63) is 28.5 Å². The van der Waals surface area contributed by atoms with Crippen LogP contribution in [0.5, 0.6) is 0 Å². The topological polar surface area (TPSA) is 54.5 Å². The van der Waals surface area contributed by atoms with Crippen LogP contribution < -0.4 is 0 Å². The Kier molecular flexibility index (Phi) is 4.27. The molecular formula is C12H12Cl2FNO3S. The highest BCUT2D eigenvalue weighted by molar-refractivity contribution is 8.13. The summed E-state index contributed by atoms with van der Waals surface area (Å²) in [5.74, 6) is -1.41. The van der Waals surface area contributed by atoms with Crippen LogP contribution in [0.3, 0.4) is 0 Å². The molecule has 0 radical (unpaired) electrons. The summed E-state index contributed by atoms with van der Waals surface area (Å²) >= 11 is 5.65. The number of benzene rings is 1. The van der Waals surface area contributed by atoms with Gasteiger partial charge in [0.05, 0.1) is 10.6 Å². The van der Waals surface area contributed by atoms with E-state index in [1.807, 2.05) is 0 Å². The van der Waals surface area contributed by atoms with Gasteiger partial charge in [-0.1, -0.05) is 11.6 Å². The van der Waals surface area contributed by atoms with Gasteiger partial charge in [-0.15, -0.1) is 0 Å². The third-order valence-electron chi connectivity index (χ3n) is 3.10. The van der Waals surface area contributed by atoms with Crippen LogP contribution in [0.25, 0.3) is 0 Å². The first-order chi connectivity index (χ1) is 9.25. The normalized spacial score (nSPS) is 15.2. The van der Waals surface area contributed by atoms with Crippen molar-refractivity contribution < 1.29 is 17.6 Å². The number of carbonyl (C=O) groups excluding carboxylic acids is 1. The number of halogens is 3. The van der Waals surface area contributed by atoms with Crippen LogP contribution in [-0.4, -0.2) is 31.8 Å². The molecule has 0 bridgehead atoms. The zero-order valence-electron chi connectivity index (χ0n) is 10.6. The largest absolute Gasteiger partial charge is 0.336 e. The first kappa shape index (κ1) is 15.5. The average Bonchev–Trinajstić information content (AvgIpc) is 3.12. The highest BCUT2D eigenvalue weighted by atomic mass is 35.7. The van der Waals surface area contributed by atoms with E-state index in [4.69, 9.17) is 22.3 Å². The summed E-state index contributed by atoms with van der Waals surface area (Å²) in [7, 11) is 1.08. The Morgan fingerprint density at radius 2 is 2.05 bits per heavy atom. The van der Waals surface area contributed by atoms with E-state index in [1.165, 1.54) is 4.90 Å². The molecule has 0 unspecified atom stereocenters. The summed E-state index contributed by atoms with van der Waals surface area (Å²) in [5.41, 5.74) is -0.331. The fraction of sp³-hybridized carbons (Fsp3) is 0.417. The van der Waals surface area contributed by atoms with Crippen LogP contribution in [0.1, 0.15) is 30.1 Å². The van der Waals surface area contributed by atoms with Crippen molar-refractivity contribution in [3.63, 3.8) is 0 Å². The van der Waals surface area contributed by atoms with Crippen molar-refractivity contribution in [2.45, 2.75) is 30.7 Å². The van der Waals surface area contributed by atoms with Gasteiger partial charge in [0.2, 0.25) is 0 Å². The number of hydrogen-bond acceptors (Lipinski definition) is 3. The SMILES string of the molecule is CCN(C(=O)c1cc(S(=O)(=O)Cl)c(Cl)cc1F)C1CC1. The van der Waals surface area contributed by atoms with Gasteiger partial charge >= 0.3 is 0 Å². The van der Waals surface area contributed by atoms with Crippen molar-refractivity contribution >= 4 is 37.2 Å². The fourth-order valence-electron chi connectivity index (χ4n) is 1.99. The number of hydrogen-bond donors (Lipinski definition) is 0. The molecular weight excluding hydrogens is 328 g/mol. The predicted octanol–water partition coefficient (Wildman–Crippen LogP) is 3.03. The standard InChI is InChI=1S/C12H12Cl2FNO3S/c1-2-16(7-3-4-7)12(17)8-5-11(20(14,18)19)9(13)6-10(8)15/h5-7H,2-4H2,1H3. The van der Waals surface area contributed by atoms with E-state index in [0.717, 1.165) is 25.0 Å². The minimum absolute atomic E-state index is 0.0960. The highest BCUT2D eigenvalue weighted by Gasteiger charge is 2.33. The lowest BCUT2D eigenvalue weighted by atomic mass is 10.2. The van der Waals surface area contributed by atoms with Crippen molar-refractivity contribution in [1.29, 1.82) is 0 Å². The zero-order valence-corrected chi connectivity index (χ0v) is 12.9. The van der Waals surface area contributed by atoms with E-state index >= 15 is 0 Å². The third kappa shape index (κ3) is 3.07. The van der Waals surface area contributed by atoms with Crippen LogP contribution in [0.2, 0.25) is 5.02 Å². The number of rotatable bonds is 4. The molecule has 1 aliphatic carbocycles. The van der Waals surface area contributed by atoms with Gasteiger partial charge in [0.15, 0.2) is 0 Å². The monoisotopic (exact) mass is 339 g/mol. The second-order valence-corrected chi connectivity index (χ2v) is 7.46. The number of amides is 1. The summed E-state index contributed by atoms with van der Waals surface area (Å²) in [5, 5.41) is -0.344. The van der Waals surface area contributed by atoms with E-state index in [1.54, 1.807) is 6.92 Å². The summed E-state index contributed by atoms with van der Waals surface area (Å²) in [6, 6.07) is 1.79. The maximum atomic E-state index is 13.9. The first-order valence-corrected chi connectivity index (χ1v) is 8.69. The van der Waals surface area contributed by atoms with Crippen LogP contribution >= 0.6 is 22.3 Å². The maximum absolute atomic E-state index is 13.9. The lowest BCUT2D eigenvalue weighted by molar-refractivity contribution is 0.0747. The molecule has 1 saturated carbocycles. The van der Waals surface area contributed by atoms with Crippen molar-refractivity contribution in [3.8, 4) is 0 Å². The molecule has 110 valence electrons. The van der Waals surface area contributed by atoms with Crippen LogP contribution in [-0.2, 0) is 9.05 Å². The van der Waals surface area contributed by atoms with Gasteiger partial charge in [-0.25, -0.2) is 12.8 Å². The highest BCUT2D eigenvalue weighted by Crippen LogP contribution is 2.31. The van der Waals surface area contributed by atoms with E-state index in [0.29, 0.717) is 6.54 Å². The molecule has 0 aromatic heterocycles. The molecule has 0 aliphatic heterocycles. The zero-order chi connectivity index (χ0) is 15.1. The molecule has 0 spiro atoms. The molecule has 0 saturated heterocycles. The lowest BCUT2D eigenvalue weighted by Gasteiger charge is -2.21. The van der Waals surface area contributed by atoms with Gasteiger partial charge in [0.25, 0.3) is 15.0 Å². The summed E-state index contributed by atoms with van der Waals surface area (Å²) in [6.07, 6.45) is 1.74. The van der Waals surface area contributed by atoms with E-state index in [2.05, 4.69) is 0 Å². The van der Waals surface area contributed by atoms with E-state index in [-0.39, 0.29) is 16.6 Å². The number of nitrogens with zero attached hydrogens (tertiary/aromatic N) is 1. The Balaban J connectivity index is 2.48. The number of carbonyl (C=O) groups is 1. The van der Waals surface area contributed by atoms with Gasteiger partial charge in [0.1, 0.15) is 10.7 Å². The van der Waals surface area contributed by atoms with Gasteiger partial charge in [0, 0.05) is 23.3 Å². The van der Waals surface area contributed by atoms with Crippen molar-refractivity contribution in [1.82, 2.24) is 4.90 Å². The first-order valence-electron chi connectivity index (χ1n) is 6.00. The lowest BCUT2D eigenvalue weighted by Crippen LogP contribution is -2.33. The predicted molar refractivity (Wildman–Crippen MR) is 74.2 cm³/mol. The Hall–Kier alpha value is -0.850. The summed E-state index contributed by atoms with van der Waals surface area (Å²) < 4.78 is 36.6. The molecule has 1 aromatic carbocycles. The van der Waals surface area contributed by atoms with Gasteiger partial charge in [-0.05, 0) is 31.9 Å². The molecule has 2 rings (SSSR count). The third-order valence-corrected chi connectivity index (χ3v) is 4.89. The van der Waals surface area contributed by atoms with Gasteiger partial charge in [-0.3, -0.25) is 4.79 Å². The van der Waals surface area contributed by atoms with Crippen LogP contribution in [0.4, 0.5) is 4.39 Å². The maximum Gasteiger partial charge on any atom is 0.262 e. The second-order valence-electron chi connectivity index (χ2n) is 4.52. The molecule has 1 aliphatic rings. The van der Waals surface area contributed by atoms with Gasteiger partial charge in [-0.2, -0.15) is 0 Å². The van der Waals surface area contributed by atoms with E-state index in [9.17, 15) is 17.6 Å². The molecule has 0 heterocycles. The van der Waals surface area contributed by atoms with Crippen molar-refractivity contribution in [2.24, 2.45) is 0 Å². The molecule has 8 heteroatoms. The van der Waals surface area contributed by atoms with Gasteiger partial charge < -0.3 is 4.90 Å². The van der Waals surface area contributed by atoms with Crippen LogP contribution in [0.15, 0.2) is 17.0 Å². The molecule has 20 heavy (non-hydrogen) atoms. The molecule has 0 atom stereocenters. The second kappa shape index (κ2) is 5.50.